The second kappa shape index (κ2) is 7.57. The molecule has 1 aliphatic rings. The lowest BCUT2D eigenvalue weighted by Gasteiger charge is -2.20. The number of ether oxygens (including phenoxy) is 1. The second-order valence-corrected chi connectivity index (χ2v) is 6.17. The van der Waals surface area contributed by atoms with Crippen LogP contribution in [-0.2, 0) is 6.42 Å². The van der Waals surface area contributed by atoms with Crippen molar-refractivity contribution in [2.75, 3.05) is 13.7 Å². The van der Waals surface area contributed by atoms with Gasteiger partial charge in [0.05, 0.1) is 13.2 Å². The zero-order valence-corrected chi connectivity index (χ0v) is 13.5. The number of rotatable bonds is 8. The Morgan fingerprint density at radius 1 is 1.22 bits per heavy atom. The summed E-state index contributed by atoms with van der Waals surface area (Å²) in [7, 11) is 1.64. The molecule has 2 atom stereocenters. The molecule has 1 aromatic heterocycles. The van der Waals surface area contributed by atoms with E-state index in [1.807, 2.05) is 42.6 Å². The van der Waals surface area contributed by atoms with Gasteiger partial charge in [0.25, 0.3) is 0 Å². The fraction of sp³-hybridized carbons (Fsp3) is 0.421. The molecule has 3 rings (SSSR count). The Hall–Kier alpha value is -1.91. The van der Waals surface area contributed by atoms with Crippen molar-refractivity contribution >= 4 is 0 Å². The molecule has 0 spiro atoms. The van der Waals surface area contributed by atoms with Crippen LogP contribution >= 0.6 is 0 Å². The molecule has 0 bridgehead atoms. The van der Waals surface area contributed by atoms with Gasteiger partial charge >= 0.3 is 0 Å². The van der Waals surface area contributed by atoms with Gasteiger partial charge in [0, 0.05) is 30.9 Å². The van der Waals surface area contributed by atoms with Crippen LogP contribution in [0.1, 0.15) is 30.2 Å². The third-order valence-electron chi connectivity index (χ3n) is 4.42. The molecule has 23 heavy (non-hydrogen) atoms. The Balaban J connectivity index is 1.55. The van der Waals surface area contributed by atoms with Crippen molar-refractivity contribution in [1.29, 1.82) is 0 Å². The fourth-order valence-electron chi connectivity index (χ4n) is 2.86. The number of methoxy groups -OCH3 is 1. The van der Waals surface area contributed by atoms with Gasteiger partial charge in [0.15, 0.2) is 0 Å². The average Bonchev–Trinajstić information content (AvgIpc) is 3.44. The van der Waals surface area contributed by atoms with Crippen molar-refractivity contribution in [3.05, 3.63) is 59.9 Å². The van der Waals surface area contributed by atoms with Gasteiger partial charge in [0.1, 0.15) is 5.75 Å². The predicted octanol–water partition coefficient (Wildman–Crippen LogP) is 2.73. The van der Waals surface area contributed by atoms with Crippen LogP contribution in [-0.4, -0.2) is 29.8 Å². The molecule has 1 heterocycles. The lowest BCUT2D eigenvalue weighted by atomic mass is 10.0. The van der Waals surface area contributed by atoms with Crippen molar-refractivity contribution in [3.63, 3.8) is 0 Å². The molecule has 2 N–H and O–H groups in total. The summed E-state index contributed by atoms with van der Waals surface area (Å²) in [6, 6.07) is 14.0. The van der Waals surface area contributed by atoms with Crippen LogP contribution in [0.2, 0.25) is 0 Å². The Labute approximate surface area is 137 Å². The van der Waals surface area contributed by atoms with E-state index in [0.717, 1.165) is 23.4 Å². The third-order valence-corrected chi connectivity index (χ3v) is 4.42. The lowest BCUT2D eigenvalue weighted by molar-refractivity contribution is 0.167. The largest absolute Gasteiger partial charge is 0.497 e. The molecular weight excluding hydrogens is 288 g/mol. The van der Waals surface area contributed by atoms with E-state index in [-0.39, 0.29) is 0 Å². The molecule has 0 aliphatic heterocycles. The average molecular weight is 312 g/mol. The van der Waals surface area contributed by atoms with Crippen LogP contribution in [0.3, 0.4) is 0 Å². The quantitative estimate of drug-likeness (QED) is 0.787. The van der Waals surface area contributed by atoms with Crippen LogP contribution in [0.25, 0.3) is 0 Å². The van der Waals surface area contributed by atoms with E-state index in [2.05, 4.69) is 16.4 Å². The maximum atomic E-state index is 10.4. The van der Waals surface area contributed by atoms with Gasteiger partial charge < -0.3 is 15.2 Å². The van der Waals surface area contributed by atoms with Crippen LogP contribution in [0.4, 0.5) is 0 Å². The van der Waals surface area contributed by atoms with E-state index < -0.39 is 6.10 Å². The number of hydrogen-bond acceptors (Lipinski definition) is 4. The summed E-state index contributed by atoms with van der Waals surface area (Å²) in [5.74, 6) is 1.51. The monoisotopic (exact) mass is 312 g/mol. The molecule has 2 unspecified atom stereocenters. The maximum Gasteiger partial charge on any atom is 0.118 e. The molecule has 4 heteroatoms. The van der Waals surface area contributed by atoms with Gasteiger partial charge in [-0.05, 0) is 48.6 Å². The van der Waals surface area contributed by atoms with Gasteiger partial charge in [-0.1, -0.05) is 18.2 Å². The van der Waals surface area contributed by atoms with Gasteiger partial charge in [-0.3, -0.25) is 4.98 Å². The Morgan fingerprint density at radius 3 is 2.61 bits per heavy atom. The van der Waals surface area contributed by atoms with Crippen LogP contribution in [0, 0.1) is 5.92 Å². The van der Waals surface area contributed by atoms with E-state index in [9.17, 15) is 5.11 Å². The highest BCUT2D eigenvalue weighted by Crippen LogP contribution is 2.34. The number of nitrogens with one attached hydrogen (secondary N) is 1. The number of nitrogens with zero attached hydrogens (tertiary/aromatic N) is 1. The standard InChI is InChI=1S/C19H24N2O2/c1-23-17-9-7-15(8-10-17)19(22)13-21-18(14-5-6-14)12-16-4-2-3-11-20-16/h2-4,7-11,14,18-19,21-22H,5-6,12-13H2,1H3. The molecule has 1 aromatic carbocycles. The van der Waals surface area contributed by atoms with Crippen LogP contribution < -0.4 is 10.1 Å². The van der Waals surface area contributed by atoms with E-state index in [1.54, 1.807) is 7.11 Å². The van der Waals surface area contributed by atoms with Crippen molar-refractivity contribution in [2.24, 2.45) is 5.92 Å². The molecular formula is C19H24N2O2. The van der Waals surface area contributed by atoms with Crippen molar-refractivity contribution < 1.29 is 9.84 Å². The van der Waals surface area contributed by atoms with E-state index in [4.69, 9.17) is 4.74 Å². The van der Waals surface area contributed by atoms with E-state index in [1.165, 1.54) is 12.8 Å². The summed E-state index contributed by atoms with van der Waals surface area (Å²) in [5, 5.41) is 13.9. The van der Waals surface area contributed by atoms with Gasteiger partial charge in [-0.2, -0.15) is 0 Å². The fourth-order valence-corrected chi connectivity index (χ4v) is 2.86. The summed E-state index contributed by atoms with van der Waals surface area (Å²) in [6.07, 6.45) is 4.78. The lowest BCUT2D eigenvalue weighted by Crippen LogP contribution is -2.36. The highest BCUT2D eigenvalue weighted by Gasteiger charge is 2.31. The topological polar surface area (TPSA) is 54.4 Å². The molecule has 122 valence electrons. The molecule has 0 radical (unpaired) electrons. The summed E-state index contributed by atoms with van der Waals surface area (Å²) >= 11 is 0. The summed E-state index contributed by atoms with van der Waals surface area (Å²) in [6.45, 7) is 0.556. The Kier molecular flexibility index (Phi) is 5.26. The first-order chi connectivity index (χ1) is 11.3. The normalized spacial score (nSPS) is 16.8. The molecule has 1 saturated carbocycles. The highest BCUT2D eigenvalue weighted by molar-refractivity contribution is 5.28. The number of aliphatic hydroxyl groups is 1. The van der Waals surface area contributed by atoms with Crippen molar-refractivity contribution in [2.45, 2.75) is 31.4 Å². The Morgan fingerprint density at radius 2 is 2.00 bits per heavy atom. The van der Waals surface area contributed by atoms with Gasteiger partial charge in [-0.25, -0.2) is 0 Å². The smallest absolute Gasteiger partial charge is 0.118 e. The maximum absolute atomic E-state index is 10.4. The van der Waals surface area contributed by atoms with Gasteiger partial charge in [0.2, 0.25) is 0 Å². The van der Waals surface area contributed by atoms with Gasteiger partial charge in [-0.15, -0.1) is 0 Å². The highest BCUT2D eigenvalue weighted by atomic mass is 16.5. The van der Waals surface area contributed by atoms with Crippen LogP contribution in [0.5, 0.6) is 5.75 Å². The minimum Gasteiger partial charge on any atom is -0.497 e. The van der Waals surface area contributed by atoms with E-state index in [0.29, 0.717) is 18.5 Å². The second-order valence-electron chi connectivity index (χ2n) is 6.17. The number of aliphatic hydroxyl groups excluding tert-OH is 1. The number of benzene rings is 1. The first kappa shape index (κ1) is 16.0. The zero-order valence-electron chi connectivity index (χ0n) is 13.5. The number of hydrogen-bond donors (Lipinski definition) is 2. The summed E-state index contributed by atoms with van der Waals surface area (Å²) in [5.41, 5.74) is 2.02. The molecule has 2 aromatic rings. The molecule has 0 amide bonds. The predicted molar refractivity (Wildman–Crippen MR) is 90.4 cm³/mol. The van der Waals surface area contributed by atoms with E-state index >= 15 is 0 Å². The molecule has 1 aliphatic carbocycles. The SMILES string of the molecule is COc1ccc(C(O)CNC(Cc2ccccn2)C2CC2)cc1. The van der Waals surface area contributed by atoms with Crippen molar-refractivity contribution in [1.82, 2.24) is 10.3 Å². The number of pyridine rings is 1. The first-order valence-corrected chi connectivity index (χ1v) is 8.21. The molecule has 1 fully saturated rings. The third kappa shape index (κ3) is 4.53. The zero-order chi connectivity index (χ0) is 16.1. The minimum absolute atomic E-state index is 0.387. The first-order valence-electron chi connectivity index (χ1n) is 8.21. The van der Waals surface area contributed by atoms with Crippen LogP contribution in [0.15, 0.2) is 48.7 Å². The molecule has 0 saturated heterocycles. The molecule has 4 nitrogen and oxygen atoms in total. The minimum atomic E-state index is -0.508. The Bertz CT molecular complexity index is 597. The summed E-state index contributed by atoms with van der Waals surface area (Å²) < 4.78 is 5.15. The van der Waals surface area contributed by atoms with Crippen molar-refractivity contribution in [3.8, 4) is 5.75 Å². The summed E-state index contributed by atoms with van der Waals surface area (Å²) in [4.78, 5) is 4.42. The number of aromatic nitrogens is 1.